The van der Waals surface area contributed by atoms with E-state index in [9.17, 15) is 14.7 Å². The third kappa shape index (κ3) is 5.26. The van der Waals surface area contributed by atoms with Crippen molar-refractivity contribution >= 4 is 17.6 Å². The summed E-state index contributed by atoms with van der Waals surface area (Å²) in [5.41, 5.74) is 2.49. The third-order valence-electron chi connectivity index (χ3n) is 5.30. The quantitative estimate of drug-likeness (QED) is 0.726. The topological polar surface area (TPSA) is 82.1 Å². The Bertz CT molecular complexity index is 828. The van der Waals surface area contributed by atoms with E-state index in [0.717, 1.165) is 37.4 Å². The molecule has 2 N–H and O–H groups in total. The van der Waals surface area contributed by atoms with Crippen LogP contribution in [-0.4, -0.2) is 61.2 Å². The number of nitrogens with one attached hydrogen (secondary N) is 1. The van der Waals surface area contributed by atoms with Gasteiger partial charge in [0.05, 0.1) is 18.7 Å². The molecule has 1 aliphatic rings. The van der Waals surface area contributed by atoms with Crippen molar-refractivity contribution in [3.8, 4) is 5.75 Å². The van der Waals surface area contributed by atoms with Crippen LogP contribution in [0.2, 0.25) is 0 Å². The number of methoxy groups -OCH3 is 1. The van der Waals surface area contributed by atoms with E-state index in [-0.39, 0.29) is 23.7 Å². The zero-order valence-electron chi connectivity index (χ0n) is 16.8. The van der Waals surface area contributed by atoms with Crippen LogP contribution in [0.5, 0.6) is 5.75 Å². The smallest absolute Gasteiger partial charge is 0.337 e. The molecule has 0 radical (unpaired) electrons. The number of esters is 1. The monoisotopic (exact) mass is 397 g/mol. The van der Waals surface area contributed by atoms with Gasteiger partial charge in [-0.15, -0.1) is 0 Å². The Morgan fingerprint density at radius 2 is 1.66 bits per heavy atom. The number of carbonyl (C=O) groups excluding carboxylic acids is 2. The molecular weight excluding hydrogens is 370 g/mol. The highest BCUT2D eigenvalue weighted by Gasteiger charge is 2.25. The molecule has 1 unspecified atom stereocenters. The predicted molar refractivity (Wildman–Crippen MR) is 111 cm³/mol. The van der Waals surface area contributed by atoms with Crippen molar-refractivity contribution in [1.82, 2.24) is 10.2 Å². The van der Waals surface area contributed by atoms with Crippen molar-refractivity contribution in [2.75, 3.05) is 38.2 Å². The molecule has 0 spiro atoms. The number of carbonyl (C=O) groups is 2. The van der Waals surface area contributed by atoms with Crippen LogP contribution in [0, 0.1) is 0 Å². The molecule has 1 heterocycles. The van der Waals surface area contributed by atoms with Gasteiger partial charge in [0.15, 0.2) is 0 Å². The Morgan fingerprint density at radius 3 is 2.24 bits per heavy atom. The molecule has 2 aromatic rings. The van der Waals surface area contributed by atoms with E-state index in [0.29, 0.717) is 12.1 Å². The number of aromatic hydroxyl groups is 1. The van der Waals surface area contributed by atoms with E-state index in [2.05, 4.69) is 19.9 Å². The van der Waals surface area contributed by atoms with Gasteiger partial charge in [0.1, 0.15) is 5.75 Å². The highest BCUT2D eigenvalue weighted by molar-refractivity contribution is 5.89. The first-order valence-electron chi connectivity index (χ1n) is 9.71. The summed E-state index contributed by atoms with van der Waals surface area (Å²) in [5.74, 6) is -0.126. The van der Waals surface area contributed by atoms with Crippen molar-refractivity contribution in [2.24, 2.45) is 0 Å². The van der Waals surface area contributed by atoms with Gasteiger partial charge in [-0.3, -0.25) is 9.69 Å². The first-order chi connectivity index (χ1) is 14.0. The number of rotatable bonds is 6. The fourth-order valence-corrected chi connectivity index (χ4v) is 3.41. The predicted octanol–water partition coefficient (Wildman–Crippen LogP) is 2.01. The van der Waals surface area contributed by atoms with Crippen molar-refractivity contribution in [1.29, 1.82) is 0 Å². The van der Waals surface area contributed by atoms with E-state index in [1.807, 2.05) is 31.2 Å². The minimum atomic E-state index is -0.374. The second-order valence-corrected chi connectivity index (χ2v) is 7.12. The van der Waals surface area contributed by atoms with Gasteiger partial charge in [-0.1, -0.05) is 12.1 Å². The maximum atomic E-state index is 12.6. The first-order valence-corrected chi connectivity index (χ1v) is 9.71. The molecule has 1 aliphatic heterocycles. The summed E-state index contributed by atoms with van der Waals surface area (Å²) in [5, 5.41) is 12.4. The van der Waals surface area contributed by atoms with Gasteiger partial charge < -0.3 is 20.1 Å². The molecule has 1 saturated heterocycles. The molecule has 154 valence electrons. The fraction of sp³-hybridized carbons (Fsp3) is 0.364. The van der Waals surface area contributed by atoms with Crippen LogP contribution >= 0.6 is 0 Å². The van der Waals surface area contributed by atoms with Gasteiger partial charge in [-0.05, 0) is 48.9 Å². The Balaban J connectivity index is 1.47. The average Bonchev–Trinajstić information content (AvgIpc) is 2.77. The molecule has 0 saturated carbocycles. The molecule has 0 aliphatic carbocycles. The van der Waals surface area contributed by atoms with Gasteiger partial charge in [0.25, 0.3) is 0 Å². The summed E-state index contributed by atoms with van der Waals surface area (Å²) in [6.45, 7) is 5.59. The molecule has 1 fully saturated rings. The molecular formula is C22H27N3O4. The third-order valence-corrected chi connectivity index (χ3v) is 5.30. The summed E-state index contributed by atoms with van der Waals surface area (Å²) in [6, 6.07) is 14.0. The Labute approximate surface area is 170 Å². The SMILES string of the molecule is COC(=O)c1ccc(CNC(=O)C(C)N2CCN(c3ccc(O)cc3)CC2)cc1. The van der Waals surface area contributed by atoms with Gasteiger partial charge in [-0.25, -0.2) is 4.79 Å². The van der Waals surface area contributed by atoms with E-state index >= 15 is 0 Å². The number of hydrogen-bond acceptors (Lipinski definition) is 6. The summed E-state index contributed by atoms with van der Waals surface area (Å²) >= 11 is 0. The van der Waals surface area contributed by atoms with E-state index in [1.54, 1.807) is 24.3 Å². The lowest BCUT2D eigenvalue weighted by Crippen LogP contribution is -2.53. The van der Waals surface area contributed by atoms with Gasteiger partial charge >= 0.3 is 5.97 Å². The molecule has 1 atom stereocenters. The van der Waals surface area contributed by atoms with E-state index in [1.165, 1.54) is 7.11 Å². The largest absolute Gasteiger partial charge is 0.508 e. The summed E-state index contributed by atoms with van der Waals surface area (Å²) in [6.07, 6.45) is 0. The van der Waals surface area contributed by atoms with Crippen LogP contribution in [0.4, 0.5) is 5.69 Å². The minimum Gasteiger partial charge on any atom is -0.508 e. The zero-order chi connectivity index (χ0) is 20.8. The number of hydrogen-bond donors (Lipinski definition) is 2. The lowest BCUT2D eigenvalue weighted by Gasteiger charge is -2.38. The van der Waals surface area contributed by atoms with Gasteiger partial charge in [0.2, 0.25) is 5.91 Å². The second kappa shape index (κ2) is 9.43. The highest BCUT2D eigenvalue weighted by atomic mass is 16.5. The summed E-state index contributed by atoms with van der Waals surface area (Å²) in [4.78, 5) is 28.5. The molecule has 29 heavy (non-hydrogen) atoms. The van der Waals surface area contributed by atoms with E-state index < -0.39 is 0 Å². The molecule has 0 bridgehead atoms. The Kier molecular flexibility index (Phi) is 6.72. The number of anilines is 1. The van der Waals surface area contributed by atoms with Crippen molar-refractivity contribution < 1.29 is 19.4 Å². The second-order valence-electron chi connectivity index (χ2n) is 7.12. The summed E-state index contributed by atoms with van der Waals surface area (Å²) < 4.78 is 4.69. The first kappa shape index (κ1) is 20.7. The number of phenolic OH excluding ortho intramolecular Hbond substituents is 1. The molecule has 7 nitrogen and oxygen atoms in total. The lowest BCUT2D eigenvalue weighted by atomic mass is 10.1. The normalized spacial score (nSPS) is 15.6. The Hall–Kier alpha value is -3.06. The minimum absolute atomic E-state index is 0.0138. The zero-order valence-corrected chi connectivity index (χ0v) is 16.8. The van der Waals surface area contributed by atoms with Crippen LogP contribution in [0.25, 0.3) is 0 Å². The van der Waals surface area contributed by atoms with Crippen LogP contribution in [0.1, 0.15) is 22.8 Å². The number of ether oxygens (including phenoxy) is 1. The molecule has 1 amide bonds. The van der Waals surface area contributed by atoms with Crippen molar-refractivity contribution in [2.45, 2.75) is 19.5 Å². The maximum Gasteiger partial charge on any atom is 0.337 e. The Morgan fingerprint density at radius 1 is 1.03 bits per heavy atom. The molecule has 7 heteroatoms. The lowest BCUT2D eigenvalue weighted by molar-refractivity contribution is -0.126. The van der Waals surface area contributed by atoms with Crippen LogP contribution in [0.15, 0.2) is 48.5 Å². The van der Waals surface area contributed by atoms with Gasteiger partial charge in [0, 0.05) is 38.4 Å². The number of nitrogens with zero attached hydrogens (tertiary/aromatic N) is 2. The summed E-state index contributed by atoms with van der Waals surface area (Å²) in [7, 11) is 1.35. The number of phenols is 1. The van der Waals surface area contributed by atoms with Crippen molar-refractivity contribution in [3.05, 3.63) is 59.7 Å². The van der Waals surface area contributed by atoms with Crippen LogP contribution in [-0.2, 0) is 16.1 Å². The van der Waals surface area contributed by atoms with Gasteiger partial charge in [-0.2, -0.15) is 0 Å². The molecule has 0 aromatic heterocycles. The van der Waals surface area contributed by atoms with Crippen molar-refractivity contribution in [3.63, 3.8) is 0 Å². The van der Waals surface area contributed by atoms with E-state index in [4.69, 9.17) is 0 Å². The fourth-order valence-electron chi connectivity index (χ4n) is 3.41. The van der Waals surface area contributed by atoms with Crippen LogP contribution in [0.3, 0.4) is 0 Å². The molecule has 2 aromatic carbocycles. The van der Waals surface area contributed by atoms with Crippen LogP contribution < -0.4 is 10.2 Å². The maximum absolute atomic E-state index is 12.6. The number of piperazine rings is 1. The molecule has 3 rings (SSSR count). The number of amides is 1. The standard InChI is InChI=1S/C22H27N3O4/c1-16(21(27)23-15-17-3-5-18(6-4-17)22(28)29-2)24-11-13-25(14-12-24)19-7-9-20(26)10-8-19/h3-10,16,26H,11-15H2,1-2H3,(H,23,27). The number of benzene rings is 2. The highest BCUT2D eigenvalue weighted by Crippen LogP contribution is 2.20. The average molecular weight is 397 g/mol.